The molecule has 2 unspecified atom stereocenters. The molecule has 4 heteroatoms. The van der Waals surface area contributed by atoms with E-state index in [1.54, 1.807) is 14.0 Å². The number of aliphatic carboxylic acids is 1. The van der Waals surface area contributed by atoms with Crippen LogP contribution >= 0.6 is 0 Å². The van der Waals surface area contributed by atoms with Gasteiger partial charge in [0, 0.05) is 13.2 Å². The van der Waals surface area contributed by atoms with E-state index in [1.165, 1.54) is 12.8 Å². The van der Waals surface area contributed by atoms with E-state index in [9.17, 15) is 4.79 Å². The van der Waals surface area contributed by atoms with Crippen LogP contribution in [0.3, 0.4) is 0 Å². The van der Waals surface area contributed by atoms with Crippen LogP contribution in [0.15, 0.2) is 0 Å². The highest BCUT2D eigenvalue weighted by molar-refractivity contribution is 5.78. The monoisotopic (exact) mass is 245 g/mol. The Morgan fingerprint density at radius 3 is 2.65 bits per heavy atom. The van der Waals surface area contributed by atoms with E-state index in [4.69, 9.17) is 9.84 Å². The smallest absolute Gasteiger partial charge is 0.323 e. The molecule has 0 saturated carbocycles. The first kappa shape index (κ1) is 16.4. The van der Waals surface area contributed by atoms with Crippen LogP contribution in [-0.4, -0.2) is 36.9 Å². The average molecular weight is 245 g/mol. The summed E-state index contributed by atoms with van der Waals surface area (Å²) in [4.78, 5) is 11.0. The van der Waals surface area contributed by atoms with E-state index >= 15 is 0 Å². The third-order valence-corrected chi connectivity index (χ3v) is 3.17. The van der Waals surface area contributed by atoms with Crippen molar-refractivity contribution in [3.63, 3.8) is 0 Å². The van der Waals surface area contributed by atoms with Crippen molar-refractivity contribution >= 4 is 5.97 Å². The Hall–Kier alpha value is -0.610. The maximum atomic E-state index is 11.0. The molecule has 0 spiro atoms. The Kier molecular flexibility index (Phi) is 8.17. The molecule has 0 rings (SSSR count). The summed E-state index contributed by atoms with van der Waals surface area (Å²) in [5.74, 6) is -0.213. The number of hydrogen-bond acceptors (Lipinski definition) is 3. The first-order chi connectivity index (χ1) is 7.96. The fourth-order valence-corrected chi connectivity index (χ4v) is 1.73. The summed E-state index contributed by atoms with van der Waals surface area (Å²) in [6, 6.07) is 0. The van der Waals surface area contributed by atoms with E-state index < -0.39 is 11.5 Å². The summed E-state index contributed by atoms with van der Waals surface area (Å²) >= 11 is 0. The van der Waals surface area contributed by atoms with Crippen LogP contribution in [0.4, 0.5) is 0 Å². The first-order valence-corrected chi connectivity index (χ1v) is 6.46. The minimum Gasteiger partial charge on any atom is -0.480 e. The molecule has 0 saturated heterocycles. The van der Waals surface area contributed by atoms with Crippen LogP contribution in [0, 0.1) is 5.92 Å². The minimum atomic E-state index is -0.835. The number of ether oxygens (including phenoxy) is 1. The molecule has 4 nitrogen and oxygen atoms in total. The summed E-state index contributed by atoms with van der Waals surface area (Å²) in [6.07, 6.45) is 3.72. The summed E-state index contributed by atoms with van der Waals surface area (Å²) in [5, 5.41) is 11.9. The van der Waals surface area contributed by atoms with Crippen molar-refractivity contribution in [3.05, 3.63) is 0 Å². The molecule has 0 amide bonds. The Morgan fingerprint density at radius 1 is 1.53 bits per heavy atom. The highest BCUT2D eigenvalue weighted by Gasteiger charge is 2.30. The molecule has 0 radical (unpaired) electrons. The van der Waals surface area contributed by atoms with Gasteiger partial charge in [-0.2, -0.15) is 0 Å². The molecule has 17 heavy (non-hydrogen) atoms. The zero-order valence-corrected chi connectivity index (χ0v) is 11.6. The van der Waals surface area contributed by atoms with Crippen molar-refractivity contribution in [1.82, 2.24) is 5.32 Å². The number of carboxylic acid groups (broad SMARTS) is 1. The summed E-state index contributed by atoms with van der Waals surface area (Å²) in [5.41, 5.74) is -0.835. The van der Waals surface area contributed by atoms with Gasteiger partial charge in [-0.15, -0.1) is 0 Å². The van der Waals surface area contributed by atoms with Gasteiger partial charge in [0.1, 0.15) is 5.54 Å². The normalized spacial score (nSPS) is 16.5. The molecule has 0 aliphatic carbocycles. The minimum absolute atomic E-state index is 0.584. The molecular weight excluding hydrogens is 218 g/mol. The highest BCUT2D eigenvalue weighted by Crippen LogP contribution is 2.12. The van der Waals surface area contributed by atoms with Crippen LogP contribution in [0.25, 0.3) is 0 Å². The van der Waals surface area contributed by atoms with Gasteiger partial charge in [-0.1, -0.05) is 20.3 Å². The lowest BCUT2D eigenvalue weighted by Gasteiger charge is -2.24. The second kappa shape index (κ2) is 8.48. The van der Waals surface area contributed by atoms with E-state index in [-0.39, 0.29) is 0 Å². The van der Waals surface area contributed by atoms with Gasteiger partial charge < -0.3 is 15.2 Å². The van der Waals surface area contributed by atoms with Crippen molar-refractivity contribution in [2.75, 3.05) is 20.3 Å². The van der Waals surface area contributed by atoms with Crippen LogP contribution in [0.1, 0.15) is 46.5 Å². The summed E-state index contributed by atoms with van der Waals surface area (Å²) < 4.78 is 5.55. The topological polar surface area (TPSA) is 58.6 Å². The lowest BCUT2D eigenvalue weighted by atomic mass is 9.96. The van der Waals surface area contributed by atoms with Gasteiger partial charge in [0.25, 0.3) is 0 Å². The highest BCUT2D eigenvalue weighted by atomic mass is 16.5. The second-order valence-electron chi connectivity index (χ2n) is 4.96. The first-order valence-electron chi connectivity index (χ1n) is 6.46. The average Bonchev–Trinajstić information content (AvgIpc) is 2.28. The van der Waals surface area contributed by atoms with Crippen molar-refractivity contribution in [2.24, 2.45) is 5.92 Å². The number of nitrogens with one attached hydrogen (secondary N) is 1. The van der Waals surface area contributed by atoms with Gasteiger partial charge in [-0.05, 0) is 39.2 Å². The number of carboxylic acids is 1. The van der Waals surface area contributed by atoms with Gasteiger partial charge in [-0.25, -0.2) is 0 Å². The van der Waals surface area contributed by atoms with E-state index in [2.05, 4.69) is 19.2 Å². The van der Waals surface area contributed by atoms with Gasteiger partial charge in [0.05, 0.1) is 0 Å². The molecule has 2 N–H and O–H groups in total. The van der Waals surface area contributed by atoms with Crippen LogP contribution in [0.5, 0.6) is 0 Å². The molecule has 2 atom stereocenters. The standard InChI is InChI=1S/C13H27NO3/c1-5-7-11(2)10-17-9-6-8-13(3,14-4)12(15)16/h11,14H,5-10H2,1-4H3,(H,15,16). The Labute approximate surface area is 105 Å². The van der Waals surface area contributed by atoms with Crippen LogP contribution in [-0.2, 0) is 9.53 Å². The molecule has 0 bridgehead atoms. The number of likely N-dealkylation sites (N-methyl/N-ethyl adjacent to an activating group) is 1. The van der Waals surface area contributed by atoms with Crippen molar-refractivity contribution in [3.8, 4) is 0 Å². The third kappa shape index (κ3) is 6.64. The molecule has 0 aromatic carbocycles. The third-order valence-electron chi connectivity index (χ3n) is 3.17. The van der Waals surface area contributed by atoms with Gasteiger partial charge >= 0.3 is 5.97 Å². The molecule has 0 aliphatic heterocycles. The quantitative estimate of drug-likeness (QED) is 0.580. The number of hydrogen-bond donors (Lipinski definition) is 2. The molecule has 0 aromatic rings. The molecule has 0 heterocycles. The van der Waals surface area contributed by atoms with Gasteiger partial charge in [-0.3, -0.25) is 4.79 Å². The maximum absolute atomic E-state index is 11.0. The van der Waals surface area contributed by atoms with E-state index in [0.717, 1.165) is 13.0 Å². The van der Waals surface area contributed by atoms with Crippen LogP contribution < -0.4 is 5.32 Å². The van der Waals surface area contributed by atoms with Gasteiger partial charge in [0.2, 0.25) is 0 Å². The van der Waals surface area contributed by atoms with E-state index in [0.29, 0.717) is 18.9 Å². The maximum Gasteiger partial charge on any atom is 0.323 e. The Balaban J connectivity index is 3.66. The predicted molar refractivity (Wildman–Crippen MR) is 69.2 cm³/mol. The SMILES string of the molecule is CCCC(C)COCCCC(C)(NC)C(=O)O. The van der Waals surface area contributed by atoms with Gasteiger partial charge in [0.15, 0.2) is 0 Å². The summed E-state index contributed by atoms with van der Waals surface area (Å²) in [6.45, 7) is 7.46. The summed E-state index contributed by atoms with van der Waals surface area (Å²) in [7, 11) is 1.68. The zero-order chi connectivity index (χ0) is 13.3. The molecule has 102 valence electrons. The van der Waals surface area contributed by atoms with Crippen molar-refractivity contribution < 1.29 is 14.6 Å². The predicted octanol–water partition coefficient (Wildman–Crippen LogP) is 2.28. The Morgan fingerprint density at radius 2 is 2.18 bits per heavy atom. The largest absolute Gasteiger partial charge is 0.480 e. The number of rotatable bonds is 10. The second-order valence-corrected chi connectivity index (χ2v) is 4.96. The zero-order valence-electron chi connectivity index (χ0n) is 11.6. The molecule has 0 fully saturated rings. The fourth-order valence-electron chi connectivity index (χ4n) is 1.73. The Bertz CT molecular complexity index is 221. The van der Waals surface area contributed by atoms with Crippen LogP contribution in [0.2, 0.25) is 0 Å². The van der Waals surface area contributed by atoms with E-state index in [1.807, 2.05) is 0 Å². The lowest BCUT2D eigenvalue weighted by Crippen LogP contribution is -2.47. The van der Waals surface area contributed by atoms with Crippen molar-refractivity contribution in [1.29, 1.82) is 0 Å². The van der Waals surface area contributed by atoms with Crippen molar-refractivity contribution in [2.45, 2.75) is 52.0 Å². The molecule has 0 aromatic heterocycles. The fraction of sp³-hybridized carbons (Fsp3) is 0.923. The number of carbonyl (C=O) groups is 1. The molecule has 0 aliphatic rings. The molecular formula is C13H27NO3. The lowest BCUT2D eigenvalue weighted by molar-refractivity contribution is -0.144.